The molecule has 1 aromatic rings. The maximum absolute atomic E-state index is 11.9. The van der Waals surface area contributed by atoms with E-state index >= 15 is 0 Å². The summed E-state index contributed by atoms with van der Waals surface area (Å²) in [4.78, 5) is 0.323. The van der Waals surface area contributed by atoms with Crippen LogP contribution < -0.4 is 5.73 Å². The number of nitrogens with two attached hydrogens (primary N) is 1. The molecule has 0 unspecified atom stereocenters. The molecule has 0 heterocycles. The van der Waals surface area contributed by atoms with Crippen molar-refractivity contribution in [1.29, 1.82) is 0 Å². The molecule has 0 saturated heterocycles. The standard InChI is InChI=1S/C13H19NO2S2/c1-10(2)7-8-18(15,16)9-11-3-5-12(6-4-11)13(14)17/h3-6,10H,7-9H2,1-2H3,(H2,14,17). The molecule has 0 saturated carbocycles. The topological polar surface area (TPSA) is 60.2 Å². The zero-order valence-electron chi connectivity index (χ0n) is 10.7. The number of rotatable bonds is 6. The zero-order chi connectivity index (χ0) is 13.8. The highest BCUT2D eigenvalue weighted by atomic mass is 32.2. The maximum Gasteiger partial charge on any atom is 0.154 e. The monoisotopic (exact) mass is 285 g/mol. The lowest BCUT2D eigenvalue weighted by molar-refractivity contribution is 0.573. The molecular formula is C13H19NO2S2. The quantitative estimate of drug-likeness (QED) is 0.815. The smallest absolute Gasteiger partial charge is 0.154 e. The van der Waals surface area contributed by atoms with Gasteiger partial charge in [0.25, 0.3) is 0 Å². The Hall–Kier alpha value is -0.940. The first-order valence-electron chi connectivity index (χ1n) is 5.89. The highest BCUT2D eigenvalue weighted by Gasteiger charge is 2.12. The van der Waals surface area contributed by atoms with Gasteiger partial charge in [-0.3, -0.25) is 0 Å². The van der Waals surface area contributed by atoms with E-state index < -0.39 is 9.84 Å². The van der Waals surface area contributed by atoms with Crippen molar-refractivity contribution in [3.63, 3.8) is 0 Å². The lowest BCUT2D eigenvalue weighted by Gasteiger charge is -2.07. The van der Waals surface area contributed by atoms with Gasteiger partial charge in [0.2, 0.25) is 0 Å². The first-order valence-corrected chi connectivity index (χ1v) is 8.12. The molecule has 0 aliphatic carbocycles. The second-order valence-electron chi connectivity index (χ2n) is 4.84. The van der Waals surface area contributed by atoms with Gasteiger partial charge in [-0.05, 0) is 17.9 Å². The van der Waals surface area contributed by atoms with Crippen LogP contribution in [-0.4, -0.2) is 19.2 Å². The fourth-order valence-electron chi connectivity index (χ4n) is 1.51. The fraction of sp³-hybridized carbons (Fsp3) is 0.462. The van der Waals surface area contributed by atoms with Crippen LogP contribution in [0.15, 0.2) is 24.3 Å². The number of hydrogen-bond acceptors (Lipinski definition) is 3. The van der Waals surface area contributed by atoms with Crippen molar-refractivity contribution in [3.8, 4) is 0 Å². The van der Waals surface area contributed by atoms with Crippen LogP contribution >= 0.6 is 12.2 Å². The first-order chi connectivity index (χ1) is 8.30. The van der Waals surface area contributed by atoms with Gasteiger partial charge in [0.05, 0.1) is 11.5 Å². The summed E-state index contributed by atoms with van der Waals surface area (Å²) in [5, 5.41) is 0. The van der Waals surface area contributed by atoms with Crippen molar-refractivity contribution in [1.82, 2.24) is 0 Å². The Bertz CT molecular complexity index is 504. The molecule has 1 aromatic carbocycles. The van der Waals surface area contributed by atoms with E-state index in [0.29, 0.717) is 17.3 Å². The SMILES string of the molecule is CC(C)CCS(=O)(=O)Cc1ccc(C(N)=S)cc1. The van der Waals surface area contributed by atoms with E-state index in [2.05, 4.69) is 0 Å². The van der Waals surface area contributed by atoms with Crippen molar-refractivity contribution in [3.05, 3.63) is 35.4 Å². The highest BCUT2D eigenvalue weighted by molar-refractivity contribution is 7.90. The summed E-state index contributed by atoms with van der Waals surface area (Å²) in [6.07, 6.45) is 0.702. The van der Waals surface area contributed by atoms with Crippen LogP contribution in [0.2, 0.25) is 0 Å². The van der Waals surface area contributed by atoms with E-state index in [-0.39, 0.29) is 11.5 Å². The summed E-state index contributed by atoms with van der Waals surface area (Å²) in [7, 11) is -3.03. The van der Waals surface area contributed by atoms with E-state index in [9.17, 15) is 8.42 Å². The minimum atomic E-state index is -3.03. The molecular weight excluding hydrogens is 266 g/mol. The molecule has 0 atom stereocenters. The van der Waals surface area contributed by atoms with Crippen LogP contribution in [0.3, 0.4) is 0 Å². The summed E-state index contributed by atoms with van der Waals surface area (Å²) in [5.41, 5.74) is 7.02. The number of thiocarbonyl (C=S) groups is 1. The van der Waals surface area contributed by atoms with Gasteiger partial charge in [0, 0.05) is 5.56 Å². The Morgan fingerprint density at radius 2 is 1.83 bits per heavy atom. The van der Waals surface area contributed by atoms with E-state index in [1.54, 1.807) is 24.3 Å². The zero-order valence-corrected chi connectivity index (χ0v) is 12.4. The van der Waals surface area contributed by atoms with E-state index in [0.717, 1.165) is 11.1 Å². The number of sulfone groups is 1. The van der Waals surface area contributed by atoms with Crippen molar-refractivity contribution in [2.75, 3.05) is 5.75 Å². The Kier molecular flexibility index (Phi) is 5.28. The minimum absolute atomic E-state index is 0.0807. The lowest BCUT2D eigenvalue weighted by atomic mass is 10.1. The van der Waals surface area contributed by atoms with Crippen molar-refractivity contribution >= 4 is 27.0 Å². The summed E-state index contributed by atoms with van der Waals surface area (Å²) in [6, 6.07) is 7.05. The van der Waals surface area contributed by atoms with Crippen LogP contribution in [0.1, 0.15) is 31.4 Å². The van der Waals surface area contributed by atoms with Gasteiger partial charge in [-0.15, -0.1) is 0 Å². The second kappa shape index (κ2) is 6.29. The largest absolute Gasteiger partial charge is 0.389 e. The summed E-state index contributed by atoms with van der Waals surface area (Å²) < 4.78 is 23.7. The maximum atomic E-state index is 11.9. The molecule has 0 bridgehead atoms. The van der Waals surface area contributed by atoms with Gasteiger partial charge in [-0.1, -0.05) is 50.3 Å². The van der Waals surface area contributed by atoms with Crippen LogP contribution in [0.4, 0.5) is 0 Å². The molecule has 0 aliphatic heterocycles. The van der Waals surface area contributed by atoms with Gasteiger partial charge >= 0.3 is 0 Å². The fourth-order valence-corrected chi connectivity index (χ4v) is 3.32. The molecule has 0 radical (unpaired) electrons. The van der Waals surface area contributed by atoms with Crippen molar-refractivity contribution < 1.29 is 8.42 Å². The molecule has 0 aliphatic rings. The summed E-state index contributed by atoms with van der Waals surface area (Å²) in [6.45, 7) is 4.04. The molecule has 0 amide bonds. The third-order valence-corrected chi connectivity index (χ3v) is 4.50. The van der Waals surface area contributed by atoms with E-state index in [1.165, 1.54) is 0 Å². The Morgan fingerprint density at radius 3 is 2.28 bits per heavy atom. The Morgan fingerprint density at radius 1 is 1.28 bits per heavy atom. The van der Waals surface area contributed by atoms with Gasteiger partial charge in [-0.25, -0.2) is 8.42 Å². The molecule has 5 heteroatoms. The van der Waals surface area contributed by atoms with Crippen LogP contribution in [-0.2, 0) is 15.6 Å². The van der Waals surface area contributed by atoms with Gasteiger partial charge in [0.15, 0.2) is 9.84 Å². The first kappa shape index (κ1) is 15.1. The normalized spacial score (nSPS) is 11.7. The van der Waals surface area contributed by atoms with Crippen molar-refractivity contribution in [2.45, 2.75) is 26.0 Å². The molecule has 0 aromatic heterocycles. The van der Waals surface area contributed by atoms with E-state index in [1.807, 2.05) is 13.8 Å². The summed E-state index contributed by atoms with van der Waals surface area (Å²) in [5.74, 6) is 0.718. The molecule has 2 N–H and O–H groups in total. The summed E-state index contributed by atoms with van der Waals surface area (Å²) >= 11 is 4.84. The average Bonchev–Trinajstić information content (AvgIpc) is 2.27. The lowest BCUT2D eigenvalue weighted by Crippen LogP contribution is -2.12. The molecule has 0 fully saturated rings. The third-order valence-electron chi connectivity index (χ3n) is 2.63. The molecule has 18 heavy (non-hydrogen) atoms. The van der Waals surface area contributed by atoms with Crippen LogP contribution in [0.25, 0.3) is 0 Å². The van der Waals surface area contributed by atoms with Crippen LogP contribution in [0.5, 0.6) is 0 Å². The Labute approximate surface area is 114 Å². The minimum Gasteiger partial charge on any atom is -0.389 e. The highest BCUT2D eigenvalue weighted by Crippen LogP contribution is 2.11. The Balaban J connectivity index is 2.69. The van der Waals surface area contributed by atoms with E-state index in [4.69, 9.17) is 18.0 Å². The third kappa shape index (κ3) is 5.14. The van der Waals surface area contributed by atoms with Gasteiger partial charge in [0.1, 0.15) is 4.99 Å². The van der Waals surface area contributed by atoms with Crippen molar-refractivity contribution in [2.24, 2.45) is 11.7 Å². The van der Waals surface area contributed by atoms with Crippen LogP contribution in [0, 0.1) is 5.92 Å². The molecule has 100 valence electrons. The van der Waals surface area contributed by atoms with Gasteiger partial charge in [-0.2, -0.15) is 0 Å². The number of benzene rings is 1. The molecule has 1 rings (SSSR count). The predicted octanol–water partition coefficient (Wildman–Crippen LogP) is 2.28. The predicted molar refractivity (Wildman–Crippen MR) is 79.3 cm³/mol. The second-order valence-corrected chi connectivity index (χ2v) is 7.46. The molecule has 0 spiro atoms. The molecule has 3 nitrogen and oxygen atoms in total. The number of hydrogen-bond donors (Lipinski definition) is 1. The average molecular weight is 285 g/mol. The van der Waals surface area contributed by atoms with Gasteiger partial charge < -0.3 is 5.73 Å².